The minimum absolute atomic E-state index is 0.0363. The smallest absolute Gasteiger partial charge is 0.173 e. The quantitative estimate of drug-likeness (QED) is 0.607. The van der Waals surface area contributed by atoms with Gasteiger partial charge in [0.1, 0.15) is 0 Å². The predicted octanol–water partition coefficient (Wildman–Crippen LogP) is 3.08. The maximum Gasteiger partial charge on any atom is 0.173 e. The lowest BCUT2D eigenvalue weighted by Gasteiger charge is -2.16. The number of hydrogen-bond donors (Lipinski definition) is 2. The first-order valence-electron chi connectivity index (χ1n) is 5.99. The van der Waals surface area contributed by atoms with Crippen LogP contribution in [0.5, 0.6) is 0 Å². The summed E-state index contributed by atoms with van der Waals surface area (Å²) < 4.78 is 8.98. The van der Waals surface area contributed by atoms with Crippen LogP contribution in [0, 0.1) is 6.92 Å². The molecular weight excluding hydrogens is 376 g/mol. The van der Waals surface area contributed by atoms with E-state index in [-0.39, 0.29) is 6.04 Å². The standard InChI is InChI=1S/C12H16Br2N4O/c1-3-18-10(11(13)7(2)17-18)6-9(16-15)8-4-5-19-12(8)14/h4-5,9,16H,3,6,15H2,1-2H3. The number of hydrazine groups is 1. The average Bonchev–Trinajstić information content (AvgIpc) is 2.93. The number of furan rings is 1. The van der Waals surface area contributed by atoms with Gasteiger partial charge in [-0.3, -0.25) is 16.0 Å². The number of nitrogens with zero attached hydrogens (tertiary/aromatic N) is 2. The number of nitrogens with one attached hydrogen (secondary N) is 1. The Morgan fingerprint density at radius 1 is 1.53 bits per heavy atom. The van der Waals surface area contributed by atoms with Gasteiger partial charge in [-0.05, 0) is 51.8 Å². The summed E-state index contributed by atoms with van der Waals surface area (Å²) >= 11 is 6.98. The van der Waals surface area contributed by atoms with Crippen LogP contribution in [0.4, 0.5) is 0 Å². The zero-order chi connectivity index (χ0) is 14.0. The summed E-state index contributed by atoms with van der Waals surface area (Å²) in [4.78, 5) is 0. The summed E-state index contributed by atoms with van der Waals surface area (Å²) in [6.07, 6.45) is 2.37. The zero-order valence-corrected chi connectivity index (χ0v) is 14.0. The Bertz CT molecular complexity index is 564. The Hall–Kier alpha value is -0.630. The van der Waals surface area contributed by atoms with E-state index in [0.717, 1.165) is 34.4 Å². The third-order valence-electron chi connectivity index (χ3n) is 3.07. The lowest BCUT2D eigenvalue weighted by molar-refractivity contribution is 0.492. The van der Waals surface area contributed by atoms with Crippen LogP contribution in [-0.4, -0.2) is 9.78 Å². The second-order valence-electron chi connectivity index (χ2n) is 4.23. The van der Waals surface area contributed by atoms with Gasteiger partial charge in [0.2, 0.25) is 0 Å². The third-order valence-corrected chi connectivity index (χ3v) is 4.75. The molecule has 0 aromatic carbocycles. The van der Waals surface area contributed by atoms with Crippen LogP contribution in [0.25, 0.3) is 0 Å². The van der Waals surface area contributed by atoms with Crippen molar-refractivity contribution in [3.05, 3.63) is 38.4 Å². The van der Waals surface area contributed by atoms with Gasteiger partial charge in [-0.2, -0.15) is 5.10 Å². The van der Waals surface area contributed by atoms with Gasteiger partial charge in [-0.1, -0.05) is 0 Å². The largest absolute Gasteiger partial charge is 0.457 e. The lowest BCUT2D eigenvalue weighted by Crippen LogP contribution is -2.30. The monoisotopic (exact) mass is 390 g/mol. The maximum absolute atomic E-state index is 5.67. The molecule has 0 aliphatic heterocycles. The van der Waals surface area contributed by atoms with E-state index in [0.29, 0.717) is 4.67 Å². The summed E-state index contributed by atoms with van der Waals surface area (Å²) in [5.74, 6) is 5.67. The fourth-order valence-corrected chi connectivity index (χ4v) is 3.03. The van der Waals surface area contributed by atoms with Gasteiger partial charge in [0, 0.05) is 18.5 Å². The van der Waals surface area contributed by atoms with Gasteiger partial charge in [0.05, 0.1) is 28.2 Å². The molecule has 0 aliphatic carbocycles. The van der Waals surface area contributed by atoms with Crippen LogP contribution in [-0.2, 0) is 13.0 Å². The Morgan fingerprint density at radius 2 is 2.26 bits per heavy atom. The van der Waals surface area contributed by atoms with Crippen LogP contribution in [0.2, 0.25) is 0 Å². The second kappa shape index (κ2) is 6.21. The molecule has 7 heteroatoms. The number of aromatic nitrogens is 2. The molecule has 1 atom stereocenters. The molecule has 3 N–H and O–H groups in total. The first kappa shape index (κ1) is 14.8. The molecule has 0 spiro atoms. The maximum atomic E-state index is 5.67. The van der Waals surface area contributed by atoms with E-state index >= 15 is 0 Å². The van der Waals surface area contributed by atoms with Gasteiger partial charge in [0.25, 0.3) is 0 Å². The normalized spacial score (nSPS) is 12.9. The molecule has 0 bridgehead atoms. The molecule has 19 heavy (non-hydrogen) atoms. The second-order valence-corrected chi connectivity index (χ2v) is 5.75. The van der Waals surface area contributed by atoms with Crippen molar-refractivity contribution in [1.29, 1.82) is 0 Å². The first-order chi connectivity index (χ1) is 9.08. The van der Waals surface area contributed by atoms with Gasteiger partial charge >= 0.3 is 0 Å². The molecule has 2 aromatic rings. The molecule has 0 radical (unpaired) electrons. The fraction of sp³-hybridized carbons (Fsp3) is 0.417. The van der Waals surface area contributed by atoms with Crippen molar-refractivity contribution in [3.63, 3.8) is 0 Å². The Morgan fingerprint density at radius 3 is 2.79 bits per heavy atom. The highest BCUT2D eigenvalue weighted by Crippen LogP contribution is 2.30. The van der Waals surface area contributed by atoms with Crippen molar-refractivity contribution in [2.75, 3.05) is 0 Å². The topological polar surface area (TPSA) is 69.0 Å². The number of halogens is 2. The highest BCUT2D eigenvalue weighted by molar-refractivity contribution is 9.10. The third kappa shape index (κ3) is 2.94. The molecule has 5 nitrogen and oxygen atoms in total. The zero-order valence-electron chi connectivity index (χ0n) is 10.8. The Kier molecular flexibility index (Phi) is 4.83. The highest BCUT2D eigenvalue weighted by atomic mass is 79.9. The molecule has 2 rings (SSSR count). The average molecular weight is 392 g/mol. The molecule has 104 valence electrons. The minimum Gasteiger partial charge on any atom is -0.457 e. The molecule has 2 aromatic heterocycles. The van der Waals surface area contributed by atoms with E-state index < -0.39 is 0 Å². The number of nitrogens with two attached hydrogens (primary N) is 1. The van der Waals surface area contributed by atoms with E-state index in [1.807, 2.05) is 17.7 Å². The summed E-state index contributed by atoms with van der Waals surface area (Å²) in [6, 6.07) is 1.87. The van der Waals surface area contributed by atoms with Crippen LogP contribution in [0.3, 0.4) is 0 Å². The van der Waals surface area contributed by atoms with Crippen molar-refractivity contribution >= 4 is 31.9 Å². The first-order valence-corrected chi connectivity index (χ1v) is 7.57. The summed E-state index contributed by atoms with van der Waals surface area (Å²) in [5.41, 5.74) is 5.93. The minimum atomic E-state index is -0.0363. The number of hydrogen-bond acceptors (Lipinski definition) is 4. The number of aryl methyl sites for hydroxylation is 2. The summed E-state index contributed by atoms with van der Waals surface area (Å²) in [7, 11) is 0. The predicted molar refractivity (Wildman–Crippen MR) is 80.5 cm³/mol. The Balaban J connectivity index is 2.31. The van der Waals surface area contributed by atoms with E-state index in [9.17, 15) is 0 Å². The highest BCUT2D eigenvalue weighted by Gasteiger charge is 2.21. The summed E-state index contributed by atoms with van der Waals surface area (Å²) in [5, 5.41) is 4.49. The van der Waals surface area contributed by atoms with Crippen molar-refractivity contribution in [2.45, 2.75) is 32.9 Å². The van der Waals surface area contributed by atoms with E-state index in [1.165, 1.54) is 0 Å². The van der Waals surface area contributed by atoms with Gasteiger partial charge in [-0.25, -0.2) is 0 Å². The van der Waals surface area contributed by atoms with Crippen LogP contribution in [0.1, 0.15) is 29.9 Å². The molecule has 0 fully saturated rings. The van der Waals surface area contributed by atoms with Crippen LogP contribution < -0.4 is 11.3 Å². The summed E-state index contributed by atoms with van der Waals surface area (Å²) in [6.45, 7) is 4.88. The molecule has 0 saturated carbocycles. The van der Waals surface area contributed by atoms with Gasteiger partial charge in [0.15, 0.2) is 4.67 Å². The molecule has 2 heterocycles. The fourth-order valence-electron chi connectivity index (χ4n) is 2.07. The van der Waals surface area contributed by atoms with Crippen LogP contribution >= 0.6 is 31.9 Å². The van der Waals surface area contributed by atoms with Crippen molar-refractivity contribution in [3.8, 4) is 0 Å². The van der Waals surface area contributed by atoms with Gasteiger partial charge in [-0.15, -0.1) is 0 Å². The SMILES string of the molecule is CCn1nc(C)c(Br)c1CC(NN)c1ccoc1Br. The van der Waals surface area contributed by atoms with E-state index in [4.69, 9.17) is 10.3 Å². The molecule has 0 aliphatic rings. The van der Waals surface area contributed by atoms with E-state index in [2.05, 4.69) is 49.3 Å². The lowest BCUT2D eigenvalue weighted by atomic mass is 10.1. The van der Waals surface area contributed by atoms with Crippen molar-refractivity contribution in [1.82, 2.24) is 15.2 Å². The molecule has 0 amide bonds. The molecule has 1 unspecified atom stereocenters. The van der Waals surface area contributed by atoms with Crippen molar-refractivity contribution < 1.29 is 4.42 Å². The number of rotatable bonds is 5. The Labute approximate surface area is 128 Å². The van der Waals surface area contributed by atoms with Crippen molar-refractivity contribution in [2.24, 2.45) is 5.84 Å². The van der Waals surface area contributed by atoms with Crippen LogP contribution in [0.15, 0.2) is 25.9 Å². The van der Waals surface area contributed by atoms with E-state index in [1.54, 1.807) is 6.26 Å². The molecular formula is C12H16Br2N4O. The molecule has 0 saturated heterocycles. The van der Waals surface area contributed by atoms with Gasteiger partial charge < -0.3 is 4.42 Å².